The fourth-order valence-electron chi connectivity index (χ4n) is 3.80. The van der Waals surface area contributed by atoms with Crippen molar-refractivity contribution in [1.82, 2.24) is 9.21 Å². The molecule has 3 rings (SSSR count). The van der Waals surface area contributed by atoms with Gasteiger partial charge in [-0.05, 0) is 68.5 Å². The summed E-state index contributed by atoms with van der Waals surface area (Å²) in [5.41, 5.74) is 1.89. The van der Waals surface area contributed by atoms with E-state index in [4.69, 9.17) is 0 Å². The van der Waals surface area contributed by atoms with Gasteiger partial charge in [0.05, 0.1) is 11.4 Å². The van der Waals surface area contributed by atoms with Gasteiger partial charge in [0.15, 0.2) is 0 Å². The van der Waals surface area contributed by atoms with E-state index in [0.29, 0.717) is 18.2 Å². The standard InChI is InChI=1S/C23H31N3O3S/c1-25(2)30(28,29)22-10-6-9-21(17-22)24-23(27)18-26-15-13-20(14-16-26)12-11-19-7-4-3-5-8-19/h3-10,17,20H,11-16,18H2,1-2H3,(H,24,27). The van der Waals surface area contributed by atoms with Crippen LogP contribution in [0.5, 0.6) is 0 Å². The molecule has 2 aromatic carbocycles. The second-order valence-electron chi connectivity index (χ2n) is 8.11. The van der Waals surface area contributed by atoms with Gasteiger partial charge in [0.2, 0.25) is 15.9 Å². The summed E-state index contributed by atoms with van der Waals surface area (Å²) in [6.07, 6.45) is 4.52. The number of benzene rings is 2. The lowest BCUT2D eigenvalue weighted by molar-refractivity contribution is -0.117. The normalized spacial score (nSPS) is 16.0. The van der Waals surface area contributed by atoms with Crippen LogP contribution in [0.4, 0.5) is 5.69 Å². The first-order valence-electron chi connectivity index (χ1n) is 10.4. The quantitative estimate of drug-likeness (QED) is 0.700. The van der Waals surface area contributed by atoms with Gasteiger partial charge in [-0.3, -0.25) is 9.69 Å². The van der Waals surface area contributed by atoms with Gasteiger partial charge in [0.25, 0.3) is 0 Å². The van der Waals surface area contributed by atoms with Crippen LogP contribution in [0, 0.1) is 5.92 Å². The number of anilines is 1. The van der Waals surface area contributed by atoms with Gasteiger partial charge < -0.3 is 5.32 Å². The van der Waals surface area contributed by atoms with Gasteiger partial charge in [-0.15, -0.1) is 0 Å². The molecule has 0 aromatic heterocycles. The molecule has 1 aliphatic heterocycles. The minimum Gasteiger partial charge on any atom is -0.325 e. The topological polar surface area (TPSA) is 69.7 Å². The van der Waals surface area contributed by atoms with E-state index in [9.17, 15) is 13.2 Å². The first-order valence-corrected chi connectivity index (χ1v) is 11.9. The number of aryl methyl sites for hydroxylation is 1. The molecular weight excluding hydrogens is 398 g/mol. The van der Waals surface area contributed by atoms with Crippen LogP contribution in [-0.2, 0) is 21.2 Å². The Bertz CT molecular complexity index is 937. The van der Waals surface area contributed by atoms with Crippen molar-refractivity contribution in [3.8, 4) is 0 Å². The predicted molar refractivity (Wildman–Crippen MR) is 120 cm³/mol. The molecule has 30 heavy (non-hydrogen) atoms. The zero-order chi connectivity index (χ0) is 21.6. The monoisotopic (exact) mass is 429 g/mol. The average Bonchev–Trinajstić information content (AvgIpc) is 2.74. The molecular formula is C23H31N3O3S. The van der Waals surface area contributed by atoms with E-state index in [1.807, 2.05) is 6.07 Å². The van der Waals surface area contributed by atoms with Crippen LogP contribution in [0.25, 0.3) is 0 Å². The summed E-state index contributed by atoms with van der Waals surface area (Å²) < 4.78 is 25.7. The molecule has 2 aromatic rings. The second kappa shape index (κ2) is 10.2. The number of carbonyl (C=O) groups is 1. The van der Waals surface area contributed by atoms with E-state index in [1.165, 1.54) is 38.2 Å². The Balaban J connectivity index is 1.45. The third-order valence-electron chi connectivity index (χ3n) is 5.65. The van der Waals surface area contributed by atoms with Crippen LogP contribution in [0.15, 0.2) is 59.5 Å². The van der Waals surface area contributed by atoms with E-state index in [2.05, 4.69) is 34.5 Å². The molecule has 1 fully saturated rings. The lowest BCUT2D eigenvalue weighted by atomic mass is 9.90. The minimum absolute atomic E-state index is 0.114. The Labute approximate surface area is 179 Å². The van der Waals surface area contributed by atoms with Crippen molar-refractivity contribution in [3.63, 3.8) is 0 Å². The molecule has 0 unspecified atom stereocenters. The van der Waals surface area contributed by atoms with Crippen LogP contribution in [0.1, 0.15) is 24.8 Å². The highest BCUT2D eigenvalue weighted by Gasteiger charge is 2.21. The molecule has 6 nitrogen and oxygen atoms in total. The number of nitrogens with one attached hydrogen (secondary N) is 1. The van der Waals surface area contributed by atoms with E-state index in [0.717, 1.165) is 36.7 Å². The molecule has 1 heterocycles. The van der Waals surface area contributed by atoms with Crippen molar-refractivity contribution in [1.29, 1.82) is 0 Å². The molecule has 7 heteroatoms. The third-order valence-corrected chi connectivity index (χ3v) is 7.47. The number of carbonyl (C=O) groups excluding carboxylic acids is 1. The summed E-state index contributed by atoms with van der Waals surface area (Å²) in [4.78, 5) is 14.8. The molecule has 0 bridgehead atoms. The second-order valence-corrected chi connectivity index (χ2v) is 10.3. The molecule has 1 aliphatic rings. The highest BCUT2D eigenvalue weighted by Crippen LogP contribution is 2.23. The smallest absolute Gasteiger partial charge is 0.242 e. The number of rotatable bonds is 8. The lowest BCUT2D eigenvalue weighted by Crippen LogP contribution is -2.39. The number of hydrogen-bond acceptors (Lipinski definition) is 4. The number of sulfonamides is 1. The highest BCUT2D eigenvalue weighted by molar-refractivity contribution is 7.89. The lowest BCUT2D eigenvalue weighted by Gasteiger charge is -2.31. The van der Waals surface area contributed by atoms with Crippen LogP contribution in [0.2, 0.25) is 0 Å². The Kier molecular flexibility index (Phi) is 7.64. The van der Waals surface area contributed by atoms with E-state index < -0.39 is 10.0 Å². The van der Waals surface area contributed by atoms with Crippen molar-refractivity contribution >= 4 is 21.6 Å². The average molecular weight is 430 g/mol. The molecule has 1 saturated heterocycles. The van der Waals surface area contributed by atoms with Gasteiger partial charge in [-0.1, -0.05) is 36.4 Å². The molecule has 0 atom stereocenters. The third kappa shape index (κ3) is 6.14. The summed E-state index contributed by atoms with van der Waals surface area (Å²) in [6.45, 7) is 2.17. The number of nitrogens with zero attached hydrogens (tertiary/aromatic N) is 2. The van der Waals surface area contributed by atoms with Crippen molar-refractivity contribution in [2.75, 3.05) is 39.0 Å². The van der Waals surface area contributed by atoms with Gasteiger partial charge in [0.1, 0.15) is 0 Å². The van der Waals surface area contributed by atoms with Gasteiger partial charge in [-0.2, -0.15) is 0 Å². The zero-order valence-electron chi connectivity index (χ0n) is 17.8. The van der Waals surface area contributed by atoms with Gasteiger partial charge in [0, 0.05) is 19.8 Å². The molecule has 1 N–H and O–H groups in total. The van der Waals surface area contributed by atoms with Crippen LogP contribution in [-0.4, -0.2) is 57.3 Å². The van der Waals surface area contributed by atoms with E-state index in [1.54, 1.807) is 12.1 Å². The summed E-state index contributed by atoms with van der Waals surface area (Å²) in [6, 6.07) is 17.0. The summed E-state index contributed by atoms with van der Waals surface area (Å²) >= 11 is 0. The van der Waals surface area contributed by atoms with Crippen LogP contribution < -0.4 is 5.32 Å². The molecule has 162 valence electrons. The number of hydrogen-bond donors (Lipinski definition) is 1. The van der Waals surface area contributed by atoms with Crippen LogP contribution in [0.3, 0.4) is 0 Å². The molecule has 0 aliphatic carbocycles. The van der Waals surface area contributed by atoms with Crippen molar-refractivity contribution < 1.29 is 13.2 Å². The first-order chi connectivity index (χ1) is 14.3. The number of piperidine rings is 1. The molecule has 1 amide bonds. The maximum Gasteiger partial charge on any atom is 0.242 e. The van der Waals surface area contributed by atoms with Crippen molar-refractivity contribution in [3.05, 3.63) is 60.2 Å². The predicted octanol–water partition coefficient (Wildman–Crippen LogP) is 3.22. The van der Waals surface area contributed by atoms with Gasteiger partial charge >= 0.3 is 0 Å². The first kappa shape index (κ1) is 22.5. The Morgan fingerprint density at radius 1 is 1.07 bits per heavy atom. The summed E-state index contributed by atoms with van der Waals surface area (Å²) in [7, 11) is -0.542. The molecule has 0 spiro atoms. The number of likely N-dealkylation sites (tertiary alicyclic amines) is 1. The Morgan fingerprint density at radius 3 is 2.43 bits per heavy atom. The fourth-order valence-corrected chi connectivity index (χ4v) is 4.75. The highest BCUT2D eigenvalue weighted by atomic mass is 32.2. The maximum absolute atomic E-state index is 12.5. The van der Waals surface area contributed by atoms with E-state index in [-0.39, 0.29) is 10.8 Å². The largest absolute Gasteiger partial charge is 0.325 e. The summed E-state index contributed by atoms with van der Waals surface area (Å²) in [5, 5.41) is 2.83. The van der Waals surface area contributed by atoms with E-state index >= 15 is 0 Å². The van der Waals surface area contributed by atoms with Gasteiger partial charge in [-0.25, -0.2) is 12.7 Å². The SMILES string of the molecule is CN(C)S(=O)(=O)c1cccc(NC(=O)CN2CCC(CCc3ccccc3)CC2)c1. The Morgan fingerprint density at radius 2 is 1.77 bits per heavy atom. The zero-order valence-corrected chi connectivity index (χ0v) is 18.6. The maximum atomic E-state index is 12.5. The summed E-state index contributed by atoms with van der Waals surface area (Å²) in [5.74, 6) is 0.592. The van der Waals surface area contributed by atoms with Crippen LogP contribution >= 0.6 is 0 Å². The molecule has 0 saturated carbocycles. The number of amides is 1. The van der Waals surface area contributed by atoms with Crippen molar-refractivity contribution in [2.45, 2.75) is 30.6 Å². The Hall–Kier alpha value is -2.22. The van der Waals surface area contributed by atoms with Crippen molar-refractivity contribution in [2.24, 2.45) is 5.92 Å². The fraction of sp³-hybridized carbons (Fsp3) is 0.435. The minimum atomic E-state index is -3.52. The molecule has 0 radical (unpaired) electrons.